The lowest BCUT2D eigenvalue weighted by atomic mass is 10.2. The molecule has 3 nitrogen and oxygen atoms in total. The van der Waals surface area contributed by atoms with Crippen LogP contribution in [0, 0.1) is 0 Å². The summed E-state index contributed by atoms with van der Waals surface area (Å²) < 4.78 is 0. The average molecular weight is 254 g/mol. The van der Waals surface area contributed by atoms with E-state index in [9.17, 15) is 0 Å². The van der Waals surface area contributed by atoms with Gasteiger partial charge in [0.2, 0.25) is 0 Å². The number of hydrogen-bond donors (Lipinski definition) is 1. The van der Waals surface area contributed by atoms with E-state index in [2.05, 4.69) is 15.2 Å². The van der Waals surface area contributed by atoms with E-state index in [1.54, 1.807) is 0 Å². The number of nitrogens with zero attached hydrogens (tertiary/aromatic N) is 2. The van der Waals surface area contributed by atoms with Gasteiger partial charge in [0, 0.05) is 21.3 Å². The lowest BCUT2D eigenvalue weighted by Gasteiger charge is -1.98. The number of halogens is 1. The summed E-state index contributed by atoms with van der Waals surface area (Å²) in [7, 11) is 0. The second-order valence-corrected chi connectivity index (χ2v) is 4.69. The minimum absolute atomic E-state index is 0.673. The van der Waals surface area contributed by atoms with Crippen molar-refractivity contribution < 1.29 is 0 Å². The number of rotatable bonds is 0. The molecule has 0 aliphatic heterocycles. The van der Waals surface area contributed by atoms with Gasteiger partial charge in [0.25, 0.3) is 0 Å². The summed E-state index contributed by atoms with van der Waals surface area (Å²) in [5.74, 6) is 0. The lowest BCUT2D eigenvalue weighted by Crippen LogP contribution is -1.85. The van der Waals surface area contributed by atoms with Gasteiger partial charge in [0.15, 0.2) is 0 Å². The number of fused-ring (bicyclic) bond motifs is 5. The highest BCUT2D eigenvalue weighted by molar-refractivity contribution is 6.31. The predicted octanol–water partition coefficient (Wildman–Crippen LogP) is 3.92. The Bertz CT molecular complexity index is 895. The van der Waals surface area contributed by atoms with Crippen LogP contribution in [0.2, 0.25) is 5.02 Å². The molecule has 0 unspecified atom stereocenters. The molecule has 4 heteroatoms. The molecule has 0 saturated carbocycles. The fourth-order valence-corrected chi connectivity index (χ4v) is 2.50. The molecule has 2 heterocycles. The zero-order chi connectivity index (χ0) is 12.1. The molecule has 0 atom stereocenters. The molecule has 0 saturated heterocycles. The van der Waals surface area contributed by atoms with Gasteiger partial charge in [-0.25, -0.2) is 0 Å². The molecule has 2 aromatic heterocycles. The summed E-state index contributed by atoms with van der Waals surface area (Å²) in [5.41, 5.74) is 3.80. The number of aromatic amines is 1. The number of para-hydroxylation sites is 1. The van der Waals surface area contributed by atoms with Crippen molar-refractivity contribution in [2.75, 3.05) is 0 Å². The molecule has 4 aromatic rings. The summed E-state index contributed by atoms with van der Waals surface area (Å²) >= 11 is 5.97. The topological polar surface area (TPSA) is 41.6 Å². The van der Waals surface area contributed by atoms with Crippen LogP contribution < -0.4 is 0 Å². The van der Waals surface area contributed by atoms with Gasteiger partial charge < -0.3 is 4.98 Å². The maximum Gasteiger partial charge on any atom is 0.119 e. The predicted molar refractivity (Wildman–Crippen MR) is 73.9 cm³/mol. The molecular formula is C14H8ClN3. The molecule has 86 valence electrons. The van der Waals surface area contributed by atoms with E-state index in [0.717, 1.165) is 32.8 Å². The number of H-pyrrole nitrogens is 1. The standard InChI is InChI=1S/C14H8ClN3/c15-8-5-6-10-12(7-8)17-18-14-9-3-1-2-4-11(9)16-13(10)14/h1-7,16H. The fourth-order valence-electron chi connectivity index (χ4n) is 2.33. The van der Waals surface area contributed by atoms with E-state index < -0.39 is 0 Å². The summed E-state index contributed by atoms with van der Waals surface area (Å²) in [6.45, 7) is 0. The first kappa shape index (κ1) is 9.85. The van der Waals surface area contributed by atoms with Crippen LogP contribution in [0.3, 0.4) is 0 Å². The summed E-state index contributed by atoms with van der Waals surface area (Å²) in [4.78, 5) is 3.39. The van der Waals surface area contributed by atoms with Crippen LogP contribution in [-0.2, 0) is 0 Å². The van der Waals surface area contributed by atoms with E-state index in [1.165, 1.54) is 0 Å². The molecule has 18 heavy (non-hydrogen) atoms. The van der Waals surface area contributed by atoms with Crippen LogP contribution in [0.5, 0.6) is 0 Å². The van der Waals surface area contributed by atoms with Crippen LogP contribution in [0.1, 0.15) is 0 Å². The van der Waals surface area contributed by atoms with Gasteiger partial charge in [-0.05, 0) is 24.3 Å². The minimum atomic E-state index is 0.673. The Morgan fingerprint density at radius 3 is 2.78 bits per heavy atom. The van der Waals surface area contributed by atoms with Crippen LogP contribution in [0.4, 0.5) is 0 Å². The Labute approximate surface area is 107 Å². The summed E-state index contributed by atoms with van der Waals surface area (Å²) in [5, 5.41) is 11.3. The van der Waals surface area contributed by atoms with Crippen molar-refractivity contribution >= 4 is 44.4 Å². The first-order chi connectivity index (χ1) is 8.83. The molecule has 0 aliphatic carbocycles. The van der Waals surface area contributed by atoms with Gasteiger partial charge in [0.05, 0.1) is 11.0 Å². The SMILES string of the molecule is Clc1ccc2c(c1)nnc1c3ccccc3[nH]c21. The molecule has 0 aliphatic rings. The molecule has 0 radical (unpaired) electrons. The Kier molecular flexibility index (Phi) is 1.88. The van der Waals surface area contributed by atoms with Crippen molar-refractivity contribution in [1.82, 2.24) is 15.2 Å². The van der Waals surface area contributed by atoms with E-state index in [0.29, 0.717) is 5.02 Å². The zero-order valence-corrected chi connectivity index (χ0v) is 10.1. The Morgan fingerprint density at radius 2 is 1.83 bits per heavy atom. The zero-order valence-electron chi connectivity index (χ0n) is 9.31. The molecule has 4 rings (SSSR count). The van der Waals surface area contributed by atoms with Crippen LogP contribution in [0.25, 0.3) is 32.8 Å². The maximum absolute atomic E-state index is 5.97. The third-order valence-corrected chi connectivity index (χ3v) is 3.40. The molecular weight excluding hydrogens is 246 g/mol. The highest BCUT2D eigenvalue weighted by atomic mass is 35.5. The van der Waals surface area contributed by atoms with Gasteiger partial charge >= 0.3 is 0 Å². The Hall–Kier alpha value is -2.13. The summed E-state index contributed by atoms with van der Waals surface area (Å²) in [6.07, 6.45) is 0. The van der Waals surface area contributed by atoms with E-state index in [-0.39, 0.29) is 0 Å². The smallest absolute Gasteiger partial charge is 0.119 e. The Morgan fingerprint density at radius 1 is 0.944 bits per heavy atom. The third kappa shape index (κ3) is 1.25. The normalized spacial score (nSPS) is 11.6. The van der Waals surface area contributed by atoms with Gasteiger partial charge in [0.1, 0.15) is 5.52 Å². The second kappa shape index (κ2) is 3.43. The van der Waals surface area contributed by atoms with E-state index in [1.807, 2.05) is 42.5 Å². The monoisotopic (exact) mass is 253 g/mol. The number of aromatic nitrogens is 3. The largest absolute Gasteiger partial charge is 0.353 e. The van der Waals surface area contributed by atoms with Crippen molar-refractivity contribution in [3.05, 3.63) is 47.5 Å². The average Bonchev–Trinajstić information content (AvgIpc) is 2.77. The lowest BCUT2D eigenvalue weighted by molar-refractivity contribution is 1.13. The highest BCUT2D eigenvalue weighted by Crippen LogP contribution is 2.28. The van der Waals surface area contributed by atoms with Crippen LogP contribution in [0.15, 0.2) is 42.5 Å². The Balaban J connectivity index is 2.28. The number of benzene rings is 2. The number of hydrogen-bond acceptors (Lipinski definition) is 2. The first-order valence-corrected chi connectivity index (χ1v) is 6.03. The van der Waals surface area contributed by atoms with Crippen molar-refractivity contribution in [3.8, 4) is 0 Å². The maximum atomic E-state index is 5.97. The second-order valence-electron chi connectivity index (χ2n) is 4.26. The van der Waals surface area contributed by atoms with Gasteiger partial charge in [-0.15, -0.1) is 10.2 Å². The van der Waals surface area contributed by atoms with Gasteiger partial charge in [-0.2, -0.15) is 0 Å². The number of nitrogens with one attached hydrogen (secondary N) is 1. The third-order valence-electron chi connectivity index (χ3n) is 3.17. The van der Waals surface area contributed by atoms with Crippen LogP contribution in [-0.4, -0.2) is 15.2 Å². The molecule has 0 amide bonds. The van der Waals surface area contributed by atoms with E-state index >= 15 is 0 Å². The minimum Gasteiger partial charge on any atom is -0.353 e. The molecule has 1 N–H and O–H groups in total. The van der Waals surface area contributed by atoms with Gasteiger partial charge in [-0.1, -0.05) is 29.8 Å². The van der Waals surface area contributed by atoms with Crippen molar-refractivity contribution in [2.24, 2.45) is 0 Å². The van der Waals surface area contributed by atoms with Crippen molar-refractivity contribution in [1.29, 1.82) is 0 Å². The molecule has 0 fully saturated rings. The van der Waals surface area contributed by atoms with E-state index in [4.69, 9.17) is 11.6 Å². The highest BCUT2D eigenvalue weighted by Gasteiger charge is 2.09. The van der Waals surface area contributed by atoms with Gasteiger partial charge in [-0.3, -0.25) is 0 Å². The molecule has 2 aromatic carbocycles. The quantitative estimate of drug-likeness (QED) is 0.516. The fraction of sp³-hybridized carbons (Fsp3) is 0. The molecule has 0 spiro atoms. The molecule has 0 bridgehead atoms. The van der Waals surface area contributed by atoms with Crippen molar-refractivity contribution in [3.63, 3.8) is 0 Å². The summed E-state index contributed by atoms with van der Waals surface area (Å²) in [6, 6.07) is 13.8. The van der Waals surface area contributed by atoms with Crippen LogP contribution >= 0.6 is 11.6 Å². The first-order valence-electron chi connectivity index (χ1n) is 5.65. The van der Waals surface area contributed by atoms with Crippen molar-refractivity contribution in [2.45, 2.75) is 0 Å².